The zero-order valence-electron chi connectivity index (χ0n) is 8.69. The molecule has 1 heterocycles. The Hall–Kier alpha value is -0.640. The first-order chi connectivity index (χ1) is 6.57. The lowest BCUT2D eigenvalue weighted by molar-refractivity contribution is 0.703. The molecule has 0 amide bonds. The van der Waals surface area contributed by atoms with Gasteiger partial charge in [-0.05, 0) is 35.7 Å². The van der Waals surface area contributed by atoms with E-state index in [9.17, 15) is 0 Å². The van der Waals surface area contributed by atoms with E-state index in [1.807, 2.05) is 14.0 Å². The van der Waals surface area contributed by atoms with E-state index in [1.54, 1.807) is 0 Å². The number of halogens is 1. The van der Waals surface area contributed by atoms with Crippen molar-refractivity contribution in [2.24, 2.45) is 0 Å². The Morgan fingerprint density at radius 1 is 1.36 bits per heavy atom. The Bertz CT molecular complexity index is 372. The molecule has 14 heavy (non-hydrogen) atoms. The number of aromatic nitrogens is 2. The zero-order valence-corrected chi connectivity index (χ0v) is 10.3. The second kappa shape index (κ2) is 3.19. The summed E-state index contributed by atoms with van der Waals surface area (Å²) in [5, 5.41) is 3.08. The molecule has 76 valence electrons. The van der Waals surface area contributed by atoms with Gasteiger partial charge in [-0.3, -0.25) is 0 Å². The van der Waals surface area contributed by atoms with Gasteiger partial charge in [-0.15, -0.1) is 0 Å². The smallest absolute Gasteiger partial charge is 0.144 e. The Balaban J connectivity index is 2.48. The fourth-order valence-electron chi connectivity index (χ4n) is 1.41. The molecule has 1 N–H and O–H groups in total. The van der Waals surface area contributed by atoms with Crippen LogP contribution in [0.2, 0.25) is 0 Å². The van der Waals surface area contributed by atoms with Crippen LogP contribution >= 0.6 is 15.9 Å². The van der Waals surface area contributed by atoms with Crippen LogP contribution < -0.4 is 5.32 Å². The largest absolute Gasteiger partial charge is 0.372 e. The molecule has 1 fully saturated rings. The molecule has 0 unspecified atom stereocenters. The molecule has 3 nitrogen and oxygen atoms in total. The summed E-state index contributed by atoms with van der Waals surface area (Å²) in [4.78, 5) is 9.03. The predicted molar refractivity (Wildman–Crippen MR) is 60.6 cm³/mol. The normalized spacial score (nSPS) is 18.0. The van der Waals surface area contributed by atoms with Gasteiger partial charge < -0.3 is 5.32 Å². The van der Waals surface area contributed by atoms with Gasteiger partial charge in [-0.2, -0.15) is 0 Å². The molecule has 1 saturated carbocycles. The summed E-state index contributed by atoms with van der Waals surface area (Å²) in [6.45, 7) is 4.22. The molecular weight excluding hydrogens is 242 g/mol. The van der Waals surface area contributed by atoms with E-state index in [0.717, 1.165) is 21.8 Å². The van der Waals surface area contributed by atoms with Gasteiger partial charge in [0.05, 0.1) is 10.2 Å². The van der Waals surface area contributed by atoms with E-state index in [2.05, 4.69) is 38.1 Å². The van der Waals surface area contributed by atoms with Crippen LogP contribution in [0, 0.1) is 6.92 Å². The van der Waals surface area contributed by atoms with Gasteiger partial charge in [0.2, 0.25) is 0 Å². The first kappa shape index (κ1) is 9.90. The van der Waals surface area contributed by atoms with Crippen molar-refractivity contribution in [3.8, 4) is 0 Å². The second-order valence-corrected chi connectivity index (χ2v) is 4.90. The van der Waals surface area contributed by atoms with Crippen LogP contribution in [0.5, 0.6) is 0 Å². The highest BCUT2D eigenvalue weighted by Gasteiger charge is 2.42. The van der Waals surface area contributed by atoms with Crippen LogP contribution in [0.15, 0.2) is 4.47 Å². The zero-order chi connectivity index (χ0) is 10.3. The summed E-state index contributed by atoms with van der Waals surface area (Å²) < 4.78 is 0.966. The summed E-state index contributed by atoms with van der Waals surface area (Å²) in [6.07, 6.45) is 2.41. The summed E-state index contributed by atoms with van der Waals surface area (Å²) in [6, 6.07) is 0. The third-order valence-corrected chi connectivity index (χ3v) is 3.74. The first-order valence-electron chi connectivity index (χ1n) is 4.79. The molecule has 0 bridgehead atoms. The molecule has 2 rings (SSSR count). The van der Waals surface area contributed by atoms with E-state index in [0.29, 0.717) is 0 Å². The van der Waals surface area contributed by atoms with Crippen molar-refractivity contribution >= 4 is 21.7 Å². The molecule has 0 aromatic carbocycles. The topological polar surface area (TPSA) is 37.8 Å². The Labute approximate surface area is 92.5 Å². The van der Waals surface area contributed by atoms with Crippen molar-refractivity contribution in [1.29, 1.82) is 0 Å². The van der Waals surface area contributed by atoms with Gasteiger partial charge >= 0.3 is 0 Å². The molecule has 1 aliphatic carbocycles. The van der Waals surface area contributed by atoms with Gasteiger partial charge in [-0.25, -0.2) is 9.97 Å². The van der Waals surface area contributed by atoms with Crippen molar-refractivity contribution in [2.45, 2.75) is 32.1 Å². The summed E-state index contributed by atoms with van der Waals surface area (Å²) >= 11 is 3.47. The van der Waals surface area contributed by atoms with Gasteiger partial charge in [0, 0.05) is 12.5 Å². The quantitative estimate of drug-likeness (QED) is 0.883. The van der Waals surface area contributed by atoms with E-state index in [4.69, 9.17) is 0 Å². The van der Waals surface area contributed by atoms with Crippen molar-refractivity contribution in [2.75, 3.05) is 12.4 Å². The maximum absolute atomic E-state index is 4.52. The highest BCUT2D eigenvalue weighted by Crippen LogP contribution is 2.46. The minimum atomic E-state index is 0.233. The number of anilines is 1. The Kier molecular flexibility index (Phi) is 2.26. The van der Waals surface area contributed by atoms with E-state index in [1.165, 1.54) is 12.8 Å². The third-order valence-electron chi connectivity index (χ3n) is 2.79. The predicted octanol–water partition coefficient (Wildman–Crippen LogP) is 2.64. The highest BCUT2D eigenvalue weighted by molar-refractivity contribution is 9.10. The van der Waals surface area contributed by atoms with E-state index >= 15 is 0 Å². The maximum atomic E-state index is 4.52. The molecule has 0 radical (unpaired) electrons. The number of nitrogens with zero attached hydrogens (tertiary/aromatic N) is 2. The standard InChI is InChI=1S/C10H14BrN3/c1-6-7(11)8(12-3)14-9(13-6)10(2)4-5-10/h4-5H2,1-3H3,(H,12,13,14). The molecule has 1 aromatic rings. The lowest BCUT2D eigenvalue weighted by Gasteiger charge is -2.12. The molecule has 1 aromatic heterocycles. The Morgan fingerprint density at radius 3 is 2.50 bits per heavy atom. The molecule has 1 aliphatic rings. The average molecular weight is 256 g/mol. The summed E-state index contributed by atoms with van der Waals surface area (Å²) in [5.41, 5.74) is 1.24. The molecule has 4 heteroatoms. The molecule has 0 spiro atoms. The van der Waals surface area contributed by atoms with Crippen molar-refractivity contribution in [3.05, 3.63) is 16.0 Å². The SMILES string of the molecule is CNc1nc(C2(C)CC2)nc(C)c1Br. The second-order valence-electron chi connectivity index (χ2n) is 4.11. The van der Waals surface area contributed by atoms with Crippen LogP contribution in [0.25, 0.3) is 0 Å². The first-order valence-corrected chi connectivity index (χ1v) is 5.58. The molecule has 0 saturated heterocycles. The van der Waals surface area contributed by atoms with Crippen molar-refractivity contribution in [1.82, 2.24) is 9.97 Å². The number of aryl methyl sites for hydroxylation is 1. The maximum Gasteiger partial charge on any atom is 0.144 e. The monoisotopic (exact) mass is 255 g/mol. The van der Waals surface area contributed by atoms with Gasteiger partial charge in [-0.1, -0.05) is 6.92 Å². The van der Waals surface area contributed by atoms with E-state index < -0.39 is 0 Å². The minimum absolute atomic E-state index is 0.233. The van der Waals surface area contributed by atoms with Gasteiger partial charge in [0.25, 0.3) is 0 Å². The lowest BCUT2D eigenvalue weighted by atomic mass is 10.1. The van der Waals surface area contributed by atoms with Crippen LogP contribution in [0.3, 0.4) is 0 Å². The average Bonchev–Trinajstić information content (AvgIpc) is 2.89. The van der Waals surface area contributed by atoms with Crippen LogP contribution in [0.4, 0.5) is 5.82 Å². The number of nitrogens with one attached hydrogen (secondary N) is 1. The highest BCUT2D eigenvalue weighted by atomic mass is 79.9. The summed E-state index contributed by atoms with van der Waals surface area (Å²) in [7, 11) is 1.88. The van der Waals surface area contributed by atoms with Crippen LogP contribution in [0.1, 0.15) is 31.3 Å². The van der Waals surface area contributed by atoms with Gasteiger partial charge in [0.15, 0.2) is 0 Å². The van der Waals surface area contributed by atoms with Gasteiger partial charge in [0.1, 0.15) is 11.6 Å². The number of hydrogen-bond acceptors (Lipinski definition) is 3. The Morgan fingerprint density at radius 2 is 2.00 bits per heavy atom. The van der Waals surface area contributed by atoms with Crippen LogP contribution in [-0.4, -0.2) is 17.0 Å². The molecule has 0 aliphatic heterocycles. The third kappa shape index (κ3) is 1.52. The fourth-order valence-corrected chi connectivity index (χ4v) is 1.78. The van der Waals surface area contributed by atoms with E-state index in [-0.39, 0.29) is 5.41 Å². The molecule has 0 atom stereocenters. The fraction of sp³-hybridized carbons (Fsp3) is 0.600. The van der Waals surface area contributed by atoms with Crippen molar-refractivity contribution < 1.29 is 0 Å². The lowest BCUT2D eigenvalue weighted by Crippen LogP contribution is -2.10. The number of hydrogen-bond donors (Lipinski definition) is 1. The summed E-state index contributed by atoms with van der Waals surface area (Å²) in [5.74, 6) is 1.86. The number of rotatable bonds is 2. The minimum Gasteiger partial charge on any atom is -0.372 e. The van der Waals surface area contributed by atoms with Crippen LogP contribution in [-0.2, 0) is 5.41 Å². The van der Waals surface area contributed by atoms with Crippen molar-refractivity contribution in [3.63, 3.8) is 0 Å². The molecular formula is C10H14BrN3.